The predicted octanol–water partition coefficient (Wildman–Crippen LogP) is 2.22. The fourth-order valence-electron chi connectivity index (χ4n) is 1.69. The zero-order chi connectivity index (χ0) is 15.6. The highest BCUT2D eigenvalue weighted by molar-refractivity contribution is 7.94. The molecule has 0 bridgehead atoms. The second-order valence-corrected chi connectivity index (χ2v) is 7.37. The van der Waals surface area contributed by atoms with Crippen molar-refractivity contribution in [3.63, 3.8) is 0 Å². The van der Waals surface area contributed by atoms with E-state index >= 15 is 0 Å². The van der Waals surface area contributed by atoms with E-state index in [4.69, 9.17) is 5.73 Å². The molecule has 0 unspecified atom stereocenters. The first kappa shape index (κ1) is 15.4. The minimum Gasteiger partial charge on any atom is -0.326 e. The van der Waals surface area contributed by atoms with Gasteiger partial charge in [0.2, 0.25) is 0 Å². The number of hydrogen-bond acceptors (Lipinski definition) is 6. The number of benzene rings is 1. The number of nitrogens with one attached hydrogen (secondary N) is 1. The molecule has 0 saturated carbocycles. The highest BCUT2D eigenvalue weighted by Gasteiger charge is 2.19. The molecule has 0 spiro atoms. The van der Waals surface area contributed by atoms with Gasteiger partial charge in [-0.1, -0.05) is 6.07 Å². The second kappa shape index (κ2) is 5.80. The van der Waals surface area contributed by atoms with E-state index < -0.39 is 14.9 Å². The fraction of sp³-hybridized carbons (Fsp3) is 0.167. The summed E-state index contributed by atoms with van der Waals surface area (Å²) < 4.78 is 26.8. The van der Waals surface area contributed by atoms with Crippen LogP contribution in [0.2, 0.25) is 0 Å². The fourth-order valence-corrected chi connectivity index (χ4v) is 3.97. The second-order valence-electron chi connectivity index (χ2n) is 4.29. The average Bonchev–Trinajstić information content (AvgIpc) is 2.90. The molecule has 0 aliphatic carbocycles. The molecule has 2 aromatic rings. The zero-order valence-corrected chi connectivity index (χ0v) is 12.7. The smallest absolute Gasteiger partial charge is 0.274 e. The maximum Gasteiger partial charge on any atom is 0.274 e. The van der Waals surface area contributed by atoms with E-state index in [1.54, 1.807) is 13.0 Å². The molecule has 0 aliphatic heterocycles. The van der Waals surface area contributed by atoms with Crippen molar-refractivity contribution in [2.45, 2.75) is 17.7 Å². The third kappa shape index (κ3) is 3.38. The van der Waals surface area contributed by atoms with Crippen molar-refractivity contribution in [3.05, 3.63) is 50.9 Å². The van der Waals surface area contributed by atoms with Crippen LogP contribution < -0.4 is 10.5 Å². The van der Waals surface area contributed by atoms with Crippen LogP contribution in [0, 0.1) is 17.0 Å². The number of aryl methyl sites for hydroxylation is 1. The Labute approximate surface area is 125 Å². The molecule has 0 atom stereocenters. The molecule has 0 fully saturated rings. The molecule has 112 valence electrons. The van der Waals surface area contributed by atoms with Gasteiger partial charge < -0.3 is 5.73 Å². The summed E-state index contributed by atoms with van der Waals surface area (Å²) >= 11 is 1.06. The van der Waals surface area contributed by atoms with Crippen LogP contribution in [-0.2, 0) is 16.6 Å². The van der Waals surface area contributed by atoms with Gasteiger partial charge in [0, 0.05) is 23.1 Å². The molecule has 1 aromatic heterocycles. The molecule has 9 heteroatoms. The Morgan fingerprint density at radius 2 is 2.05 bits per heavy atom. The summed E-state index contributed by atoms with van der Waals surface area (Å²) in [4.78, 5) is 11.1. The number of anilines is 1. The first-order valence-electron chi connectivity index (χ1n) is 5.90. The first-order chi connectivity index (χ1) is 9.83. The molecular weight excluding hydrogens is 314 g/mol. The lowest BCUT2D eigenvalue weighted by molar-refractivity contribution is -0.385. The van der Waals surface area contributed by atoms with Crippen LogP contribution in [0.5, 0.6) is 0 Å². The lowest BCUT2D eigenvalue weighted by Gasteiger charge is -2.07. The van der Waals surface area contributed by atoms with Crippen molar-refractivity contribution in [3.8, 4) is 0 Å². The van der Waals surface area contributed by atoms with Crippen LogP contribution in [0.25, 0.3) is 0 Å². The van der Waals surface area contributed by atoms with Crippen molar-refractivity contribution < 1.29 is 13.3 Å². The van der Waals surface area contributed by atoms with Gasteiger partial charge in [-0.15, -0.1) is 11.3 Å². The quantitative estimate of drug-likeness (QED) is 0.645. The maximum atomic E-state index is 12.2. The largest absolute Gasteiger partial charge is 0.326 e. The van der Waals surface area contributed by atoms with Crippen molar-refractivity contribution in [2.75, 3.05) is 4.72 Å². The van der Waals surface area contributed by atoms with E-state index in [-0.39, 0.29) is 22.1 Å². The molecule has 0 amide bonds. The van der Waals surface area contributed by atoms with E-state index in [1.165, 1.54) is 24.3 Å². The molecule has 21 heavy (non-hydrogen) atoms. The highest BCUT2D eigenvalue weighted by atomic mass is 32.2. The predicted molar refractivity (Wildman–Crippen MR) is 80.9 cm³/mol. The van der Waals surface area contributed by atoms with Gasteiger partial charge in [-0.3, -0.25) is 14.8 Å². The van der Waals surface area contributed by atoms with E-state index in [9.17, 15) is 18.5 Å². The molecule has 2 rings (SSSR count). The summed E-state index contributed by atoms with van der Waals surface area (Å²) in [5.74, 6) is 0. The van der Waals surface area contributed by atoms with E-state index in [0.29, 0.717) is 5.56 Å². The summed E-state index contributed by atoms with van der Waals surface area (Å²) in [5, 5.41) is 10.9. The zero-order valence-electron chi connectivity index (χ0n) is 11.1. The van der Waals surface area contributed by atoms with Gasteiger partial charge in [0.15, 0.2) is 0 Å². The Kier molecular flexibility index (Phi) is 4.26. The van der Waals surface area contributed by atoms with Gasteiger partial charge in [-0.25, -0.2) is 8.42 Å². The summed E-state index contributed by atoms with van der Waals surface area (Å²) in [7, 11) is -3.77. The SMILES string of the molecule is Cc1ccc(NS(=O)(=O)c2ccc(CN)s2)cc1[N+](=O)[O-]. The highest BCUT2D eigenvalue weighted by Crippen LogP contribution is 2.27. The van der Waals surface area contributed by atoms with Gasteiger partial charge >= 0.3 is 0 Å². The Morgan fingerprint density at radius 1 is 1.33 bits per heavy atom. The van der Waals surface area contributed by atoms with Crippen molar-refractivity contribution in [1.82, 2.24) is 0 Å². The number of thiophene rings is 1. The Bertz CT molecular complexity index is 784. The number of nitro benzene ring substituents is 1. The van der Waals surface area contributed by atoms with Crippen LogP contribution in [0.1, 0.15) is 10.4 Å². The molecule has 1 aromatic carbocycles. The van der Waals surface area contributed by atoms with Crippen molar-refractivity contribution in [1.29, 1.82) is 0 Å². The molecule has 0 saturated heterocycles. The van der Waals surface area contributed by atoms with Crippen LogP contribution in [-0.4, -0.2) is 13.3 Å². The lowest BCUT2D eigenvalue weighted by atomic mass is 10.2. The van der Waals surface area contributed by atoms with Gasteiger partial charge in [-0.2, -0.15) is 0 Å². The molecule has 7 nitrogen and oxygen atoms in total. The standard InChI is InChI=1S/C12H13N3O4S2/c1-8-2-3-9(6-11(8)15(16)17)14-21(18,19)12-5-4-10(7-13)20-12/h2-6,14H,7,13H2,1H3. The van der Waals surface area contributed by atoms with Gasteiger partial charge in [0.1, 0.15) is 4.21 Å². The normalized spacial score (nSPS) is 11.3. The van der Waals surface area contributed by atoms with Gasteiger partial charge in [0.25, 0.3) is 15.7 Å². The van der Waals surface area contributed by atoms with Gasteiger partial charge in [-0.05, 0) is 25.1 Å². The summed E-state index contributed by atoms with van der Waals surface area (Å²) in [6.07, 6.45) is 0. The Hall–Kier alpha value is -1.97. The molecule has 0 radical (unpaired) electrons. The third-order valence-electron chi connectivity index (χ3n) is 2.76. The minimum absolute atomic E-state index is 0.117. The van der Waals surface area contributed by atoms with E-state index in [1.807, 2.05) is 0 Å². The van der Waals surface area contributed by atoms with Gasteiger partial charge in [0.05, 0.1) is 10.6 Å². The number of nitrogens with two attached hydrogens (primary N) is 1. The molecule has 0 aliphatic rings. The number of rotatable bonds is 5. The number of nitrogens with zero attached hydrogens (tertiary/aromatic N) is 1. The topological polar surface area (TPSA) is 115 Å². The third-order valence-corrected chi connectivity index (χ3v) is 5.74. The first-order valence-corrected chi connectivity index (χ1v) is 8.20. The minimum atomic E-state index is -3.77. The molecule has 3 N–H and O–H groups in total. The number of sulfonamides is 1. The van der Waals surface area contributed by atoms with Crippen LogP contribution >= 0.6 is 11.3 Å². The number of hydrogen-bond donors (Lipinski definition) is 2. The lowest BCUT2D eigenvalue weighted by Crippen LogP contribution is -2.11. The molecular formula is C12H13N3O4S2. The van der Waals surface area contributed by atoms with Crippen molar-refractivity contribution in [2.24, 2.45) is 5.73 Å². The van der Waals surface area contributed by atoms with Crippen LogP contribution in [0.4, 0.5) is 11.4 Å². The Balaban J connectivity index is 2.32. The van der Waals surface area contributed by atoms with Crippen LogP contribution in [0.3, 0.4) is 0 Å². The van der Waals surface area contributed by atoms with E-state index in [2.05, 4.69) is 4.72 Å². The van der Waals surface area contributed by atoms with Crippen LogP contribution in [0.15, 0.2) is 34.5 Å². The van der Waals surface area contributed by atoms with E-state index in [0.717, 1.165) is 16.2 Å². The number of nitro groups is 1. The monoisotopic (exact) mass is 327 g/mol. The summed E-state index contributed by atoms with van der Waals surface area (Å²) in [5.41, 5.74) is 5.92. The van der Waals surface area contributed by atoms with Crippen molar-refractivity contribution >= 4 is 32.7 Å². The maximum absolute atomic E-state index is 12.2. The average molecular weight is 327 g/mol. The molecule has 1 heterocycles. The Morgan fingerprint density at radius 3 is 2.62 bits per heavy atom. The summed E-state index contributed by atoms with van der Waals surface area (Å²) in [6.45, 7) is 1.85. The summed E-state index contributed by atoms with van der Waals surface area (Å²) in [6, 6.07) is 7.27.